The lowest BCUT2D eigenvalue weighted by atomic mass is 10.2. The van der Waals surface area contributed by atoms with E-state index in [2.05, 4.69) is 5.32 Å². The van der Waals surface area contributed by atoms with Gasteiger partial charge in [0.15, 0.2) is 0 Å². The number of amides is 2. The second-order valence-corrected chi connectivity index (χ2v) is 6.80. The van der Waals surface area contributed by atoms with E-state index in [0.29, 0.717) is 24.8 Å². The monoisotopic (exact) mass is 316 g/mol. The van der Waals surface area contributed by atoms with Gasteiger partial charge in [0.25, 0.3) is 0 Å². The summed E-state index contributed by atoms with van der Waals surface area (Å²) in [4.78, 5) is 25.0. The SMILES string of the molecule is CCCC1SCC(C(=O)O)N1C(=O)NCCOCC1CC1. The van der Waals surface area contributed by atoms with Crippen LogP contribution >= 0.6 is 11.8 Å². The van der Waals surface area contributed by atoms with Gasteiger partial charge in [0.05, 0.1) is 12.0 Å². The van der Waals surface area contributed by atoms with Crippen molar-refractivity contribution < 1.29 is 19.4 Å². The number of thioether (sulfide) groups is 1. The number of aliphatic carboxylic acids is 1. The topological polar surface area (TPSA) is 78.9 Å². The van der Waals surface area contributed by atoms with Crippen molar-refractivity contribution in [2.24, 2.45) is 5.92 Å². The van der Waals surface area contributed by atoms with Crippen LogP contribution in [0.3, 0.4) is 0 Å². The maximum absolute atomic E-state index is 12.2. The number of carboxylic acids is 1. The lowest BCUT2D eigenvalue weighted by Gasteiger charge is -2.27. The molecule has 2 aliphatic rings. The van der Waals surface area contributed by atoms with E-state index in [1.807, 2.05) is 6.92 Å². The average Bonchev–Trinajstić information content (AvgIpc) is 3.17. The van der Waals surface area contributed by atoms with Gasteiger partial charge in [-0.3, -0.25) is 4.90 Å². The number of ether oxygens (including phenoxy) is 1. The van der Waals surface area contributed by atoms with E-state index in [0.717, 1.165) is 19.4 Å². The first-order valence-electron chi connectivity index (χ1n) is 7.61. The molecule has 6 nitrogen and oxygen atoms in total. The lowest BCUT2D eigenvalue weighted by Crippen LogP contribution is -2.50. The second kappa shape index (κ2) is 7.89. The molecule has 0 aromatic heterocycles. The number of urea groups is 1. The Bertz CT molecular complexity index is 376. The first-order chi connectivity index (χ1) is 10.1. The van der Waals surface area contributed by atoms with Gasteiger partial charge < -0.3 is 15.2 Å². The molecule has 0 radical (unpaired) electrons. The molecule has 1 saturated heterocycles. The molecule has 0 bridgehead atoms. The van der Waals surface area contributed by atoms with Gasteiger partial charge in [-0.25, -0.2) is 9.59 Å². The standard InChI is InChI=1S/C14H24N2O4S/c1-2-3-12-16(11(9-21-12)13(17)18)14(19)15-6-7-20-8-10-4-5-10/h10-12H,2-9H2,1H3,(H,15,19)(H,17,18). The normalized spacial score (nSPS) is 25.1. The van der Waals surface area contributed by atoms with Gasteiger partial charge in [-0.05, 0) is 25.2 Å². The molecule has 1 heterocycles. The zero-order valence-corrected chi connectivity index (χ0v) is 13.2. The fraction of sp³-hybridized carbons (Fsp3) is 0.857. The third kappa shape index (κ3) is 4.78. The third-order valence-electron chi connectivity index (χ3n) is 3.72. The molecular formula is C14H24N2O4S. The van der Waals surface area contributed by atoms with Crippen molar-refractivity contribution >= 4 is 23.8 Å². The van der Waals surface area contributed by atoms with Crippen LogP contribution in [0, 0.1) is 5.92 Å². The van der Waals surface area contributed by atoms with Gasteiger partial charge in [0.1, 0.15) is 6.04 Å². The van der Waals surface area contributed by atoms with E-state index < -0.39 is 12.0 Å². The highest BCUT2D eigenvalue weighted by Crippen LogP contribution is 2.32. The molecule has 2 unspecified atom stereocenters. The molecule has 2 atom stereocenters. The molecule has 2 amide bonds. The summed E-state index contributed by atoms with van der Waals surface area (Å²) in [7, 11) is 0. The summed E-state index contributed by atoms with van der Waals surface area (Å²) in [6.07, 6.45) is 4.24. The number of nitrogens with one attached hydrogen (secondary N) is 1. The summed E-state index contributed by atoms with van der Waals surface area (Å²) in [5.74, 6) is 0.244. The number of carbonyl (C=O) groups is 2. The Morgan fingerprint density at radius 1 is 1.43 bits per heavy atom. The first kappa shape index (κ1) is 16.4. The van der Waals surface area contributed by atoms with Crippen LogP contribution in [-0.2, 0) is 9.53 Å². The molecule has 1 aliphatic heterocycles. The predicted octanol–water partition coefficient (Wildman–Crippen LogP) is 1.75. The minimum atomic E-state index is -0.929. The number of rotatable bonds is 8. The highest BCUT2D eigenvalue weighted by Gasteiger charge is 2.41. The Labute approximate surface area is 129 Å². The molecule has 2 N–H and O–H groups in total. The Kier molecular flexibility index (Phi) is 6.17. The number of carboxylic acid groups (broad SMARTS) is 1. The highest BCUT2D eigenvalue weighted by molar-refractivity contribution is 8.00. The van der Waals surface area contributed by atoms with Crippen molar-refractivity contribution in [2.75, 3.05) is 25.5 Å². The zero-order chi connectivity index (χ0) is 15.2. The molecule has 0 aromatic rings. The largest absolute Gasteiger partial charge is 0.480 e. The van der Waals surface area contributed by atoms with Crippen LogP contribution in [-0.4, -0.2) is 58.9 Å². The van der Waals surface area contributed by atoms with Crippen LogP contribution in [0.5, 0.6) is 0 Å². The third-order valence-corrected chi connectivity index (χ3v) is 5.08. The summed E-state index contributed by atoms with van der Waals surface area (Å²) in [5.41, 5.74) is 0. The zero-order valence-electron chi connectivity index (χ0n) is 12.4. The van der Waals surface area contributed by atoms with Crippen LogP contribution in [0.4, 0.5) is 4.79 Å². The van der Waals surface area contributed by atoms with Crippen LogP contribution in [0.1, 0.15) is 32.6 Å². The van der Waals surface area contributed by atoms with Gasteiger partial charge >= 0.3 is 12.0 Å². The lowest BCUT2D eigenvalue weighted by molar-refractivity contribution is -0.141. The Balaban J connectivity index is 1.76. The first-order valence-corrected chi connectivity index (χ1v) is 8.66. The molecule has 0 aromatic carbocycles. The average molecular weight is 316 g/mol. The second-order valence-electron chi connectivity index (χ2n) is 5.59. The number of hydrogen-bond acceptors (Lipinski definition) is 4. The summed E-state index contributed by atoms with van der Waals surface area (Å²) < 4.78 is 5.46. The van der Waals surface area contributed by atoms with E-state index >= 15 is 0 Å². The van der Waals surface area contributed by atoms with Crippen molar-refractivity contribution in [3.63, 3.8) is 0 Å². The summed E-state index contributed by atoms with van der Waals surface area (Å²) in [6, 6.07) is -1.01. The molecule has 120 valence electrons. The van der Waals surface area contributed by atoms with Crippen LogP contribution in [0.15, 0.2) is 0 Å². The predicted molar refractivity (Wildman–Crippen MR) is 81.4 cm³/mol. The molecule has 21 heavy (non-hydrogen) atoms. The van der Waals surface area contributed by atoms with Gasteiger partial charge in [0.2, 0.25) is 0 Å². The molecule has 1 aliphatic carbocycles. The van der Waals surface area contributed by atoms with Crippen molar-refractivity contribution in [1.29, 1.82) is 0 Å². The van der Waals surface area contributed by atoms with Crippen molar-refractivity contribution in [1.82, 2.24) is 10.2 Å². The van der Waals surface area contributed by atoms with Crippen molar-refractivity contribution in [3.8, 4) is 0 Å². The maximum Gasteiger partial charge on any atom is 0.327 e. The summed E-state index contributed by atoms with van der Waals surface area (Å²) >= 11 is 1.55. The number of carbonyl (C=O) groups excluding carboxylic acids is 1. The Hall–Kier alpha value is -0.950. The highest BCUT2D eigenvalue weighted by atomic mass is 32.2. The molecule has 2 rings (SSSR count). The van der Waals surface area contributed by atoms with E-state index in [9.17, 15) is 14.7 Å². The van der Waals surface area contributed by atoms with Gasteiger partial charge in [-0.15, -0.1) is 11.8 Å². The van der Waals surface area contributed by atoms with Crippen LogP contribution < -0.4 is 5.32 Å². The smallest absolute Gasteiger partial charge is 0.327 e. The quantitative estimate of drug-likeness (QED) is 0.667. The molecular weight excluding hydrogens is 292 g/mol. The Morgan fingerprint density at radius 2 is 2.19 bits per heavy atom. The minimum absolute atomic E-state index is 0.0384. The van der Waals surface area contributed by atoms with Gasteiger partial charge in [-0.2, -0.15) is 0 Å². The maximum atomic E-state index is 12.2. The fourth-order valence-corrected chi connectivity index (χ4v) is 3.86. The molecule has 0 spiro atoms. The van der Waals surface area contributed by atoms with Gasteiger partial charge in [-0.1, -0.05) is 13.3 Å². The number of hydrogen-bond donors (Lipinski definition) is 2. The van der Waals surface area contributed by atoms with Crippen molar-refractivity contribution in [3.05, 3.63) is 0 Å². The van der Waals surface area contributed by atoms with E-state index in [1.165, 1.54) is 17.7 Å². The van der Waals surface area contributed by atoms with E-state index in [4.69, 9.17) is 4.74 Å². The summed E-state index contributed by atoms with van der Waals surface area (Å²) in [6.45, 7) is 3.72. The summed E-state index contributed by atoms with van der Waals surface area (Å²) in [5, 5.41) is 12.0. The van der Waals surface area contributed by atoms with Crippen LogP contribution in [0.25, 0.3) is 0 Å². The van der Waals surface area contributed by atoms with Gasteiger partial charge in [0, 0.05) is 18.9 Å². The number of nitrogens with zero attached hydrogens (tertiary/aromatic N) is 1. The minimum Gasteiger partial charge on any atom is -0.480 e. The Morgan fingerprint density at radius 3 is 2.81 bits per heavy atom. The van der Waals surface area contributed by atoms with Crippen molar-refractivity contribution in [2.45, 2.75) is 44.0 Å². The molecule has 2 fully saturated rings. The molecule has 1 saturated carbocycles. The van der Waals surface area contributed by atoms with Crippen LogP contribution in [0.2, 0.25) is 0 Å². The fourth-order valence-electron chi connectivity index (χ4n) is 2.35. The molecule has 7 heteroatoms. The van der Waals surface area contributed by atoms with E-state index in [-0.39, 0.29) is 11.4 Å². The van der Waals surface area contributed by atoms with E-state index in [1.54, 1.807) is 11.8 Å².